The van der Waals surface area contributed by atoms with Crippen LogP contribution in [0, 0.1) is 41.4 Å². The number of allylic oxidation sites excluding steroid dienone is 2. The van der Waals surface area contributed by atoms with Crippen LogP contribution in [0.3, 0.4) is 0 Å². The highest BCUT2D eigenvalue weighted by Gasteiger charge is 2.70. The highest BCUT2D eigenvalue weighted by molar-refractivity contribution is 5.61. The Bertz CT molecular complexity index is 635. The first-order chi connectivity index (χ1) is 11.9. The summed E-state index contributed by atoms with van der Waals surface area (Å²) in [7, 11) is 0. The van der Waals surface area contributed by atoms with Crippen LogP contribution in [0.4, 0.5) is 18.0 Å². The average Bonchev–Trinajstić information content (AvgIpc) is 3.22. The Hall–Kier alpha value is -1.20. The molecular weight excluding hydrogens is 345 g/mol. The van der Waals surface area contributed by atoms with Gasteiger partial charge in [-0.3, -0.25) is 0 Å². The molecule has 0 saturated heterocycles. The number of ether oxygens (including phenoxy) is 2. The molecule has 146 valence electrons. The molecule has 8 unspecified atom stereocenters. The van der Waals surface area contributed by atoms with Crippen molar-refractivity contribution in [3.63, 3.8) is 0 Å². The van der Waals surface area contributed by atoms with Gasteiger partial charge in [-0.2, -0.15) is 13.2 Å². The Morgan fingerprint density at radius 3 is 2.12 bits per heavy atom. The number of hydrogen-bond donors (Lipinski definition) is 0. The lowest BCUT2D eigenvalue weighted by Crippen LogP contribution is -2.55. The lowest BCUT2D eigenvalue weighted by atomic mass is 9.65. The summed E-state index contributed by atoms with van der Waals surface area (Å²) in [5.41, 5.74) is -3.38. The molecule has 4 bridgehead atoms. The molecule has 3 nitrogen and oxygen atoms in total. The summed E-state index contributed by atoms with van der Waals surface area (Å²) in [6.45, 7) is 5.88. The highest BCUT2D eigenvalue weighted by Crippen LogP contribution is 2.69. The van der Waals surface area contributed by atoms with E-state index >= 15 is 0 Å². The van der Waals surface area contributed by atoms with Crippen molar-refractivity contribution in [2.75, 3.05) is 0 Å². The average molecular weight is 372 g/mol. The Balaban J connectivity index is 1.59. The minimum Gasteiger partial charge on any atom is -0.429 e. The SMILES string of the molecule is CC(C)(C)OC(=O)OC(C)(C1CC2CC1C1C3C=CC(C3)C21)C(F)(F)F. The van der Waals surface area contributed by atoms with Crippen molar-refractivity contribution in [1.29, 1.82) is 0 Å². The number of rotatable bonds is 2. The Morgan fingerprint density at radius 2 is 1.54 bits per heavy atom. The van der Waals surface area contributed by atoms with E-state index in [2.05, 4.69) is 12.2 Å². The van der Waals surface area contributed by atoms with E-state index in [1.807, 2.05) is 0 Å². The molecule has 0 N–H and O–H groups in total. The molecule has 4 aliphatic carbocycles. The third-order valence-corrected chi connectivity index (χ3v) is 7.23. The normalized spacial score (nSPS) is 42.7. The zero-order chi connectivity index (χ0) is 19.1. The molecule has 0 aromatic carbocycles. The van der Waals surface area contributed by atoms with Crippen LogP contribution >= 0.6 is 0 Å². The molecule has 4 aliphatic rings. The van der Waals surface area contributed by atoms with Gasteiger partial charge in [-0.1, -0.05) is 12.2 Å². The van der Waals surface area contributed by atoms with Crippen LogP contribution in [-0.2, 0) is 9.47 Å². The molecule has 6 heteroatoms. The van der Waals surface area contributed by atoms with Crippen LogP contribution in [0.2, 0.25) is 0 Å². The van der Waals surface area contributed by atoms with E-state index < -0.39 is 29.5 Å². The molecule has 0 aromatic rings. The van der Waals surface area contributed by atoms with Gasteiger partial charge in [0.1, 0.15) is 5.60 Å². The first-order valence-corrected chi connectivity index (χ1v) is 9.58. The Labute approximate surface area is 152 Å². The van der Waals surface area contributed by atoms with Crippen molar-refractivity contribution in [2.24, 2.45) is 41.4 Å². The van der Waals surface area contributed by atoms with Crippen LogP contribution in [0.25, 0.3) is 0 Å². The van der Waals surface area contributed by atoms with Crippen molar-refractivity contribution in [1.82, 2.24) is 0 Å². The number of halogens is 3. The van der Waals surface area contributed by atoms with Gasteiger partial charge in [0.15, 0.2) is 0 Å². The number of carbonyl (C=O) groups is 1. The lowest BCUT2D eigenvalue weighted by molar-refractivity contribution is -0.284. The van der Waals surface area contributed by atoms with Crippen molar-refractivity contribution < 1.29 is 27.4 Å². The first-order valence-electron chi connectivity index (χ1n) is 9.58. The summed E-state index contributed by atoms with van der Waals surface area (Å²) in [5, 5.41) is 0. The van der Waals surface area contributed by atoms with Crippen LogP contribution in [-0.4, -0.2) is 23.5 Å². The second-order valence-corrected chi connectivity index (χ2v) is 9.78. The number of carbonyl (C=O) groups excluding carboxylic acids is 1. The van der Waals surface area contributed by atoms with Gasteiger partial charge < -0.3 is 9.47 Å². The molecule has 4 rings (SSSR count). The molecule has 0 aliphatic heterocycles. The summed E-state index contributed by atoms with van der Waals surface area (Å²) in [5.74, 6) is 1.40. The number of alkyl halides is 3. The molecule has 0 heterocycles. The quantitative estimate of drug-likeness (QED) is 0.372. The van der Waals surface area contributed by atoms with Crippen LogP contribution in [0.15, 0.2) is 12.2 Å². The summed E-state index contributed by atoms with van der Waals surface area (Å²) in [6.07, 6.45) is 1.02. The highest BCUT2D eigenvalue weighted by atomic mass is 19.4. The smallest absolute Gasteiger partial charge is 0.429 e. The van der Waals surface area contributed by atoms with Crippen molar-refractivity contribution in [3.05, 3.63) is 12.2 Å². The standard InChI is InChI=1S/C20H27F3O3/c1-18(2,3)25-17(24)26-19(4,20(21,22)23)14-9-12-8-13(14)16-11-6-5-10(7-11)15(12)16/h5-6,10-16H,7-9H2,1-4H3. The molecule has 8 atom stereocenters. The molecule has 3 fully saturated rings. The molecule has 3 saturated carbocycles. The van der Waals surface area contributed by atoms with E-state index in [1.165, 1.54) is 0 Å². The fourth-order valence-corrected chi connectivity index (χ4v) is 6.44. The predicted octanol–water partition coefficient (Wildman–Crippen LogP) is 5.35. The number of hydrogen-bond acceptors (Lipinski definition) is 3. The van der Waals surface area contributed by atoms with Crippen LogP contribution in [0.5, 0.6) is 0 Å². The monoisotopic (exact) mass is 372 g/mol. The summed E-state index contributed by atoms with van der Waals surface area (Å²) >= 11 is 0. The fourth-order valence-electron chi connectivity index (χ4n) is 6.44. The van der Waals surface area contributed by atoms with Gasteiger partial charge in [-0.05, 0) is 82.5 Å². The van der Waals surface area contributed by atoms with E-state index in [4.69, 9.17) is 9.47 Å². The summed E-state index contributed by atoms with van der Waals surface area (Å²) in [6, 6.07) is 0. The van der Waals surface area contributed by atoms with Crippen molar-refractivity contribution >= 4 is 6.16 Å². The maximum atomic E-state index is 14.1. The summed E-state index contributed by atoms with van der Waals surface area (Å²) in [4.78, 5) is 12.1. The zero-order valence-electron chi connectivity index (χ0n) is 15.7. The van der Waals surface area contributed by atoms with Crippen LogP contribution < -0.4 is 0 Å². The van der Waals surface area contributed by atoms with E-state index in [1.54, 1.807) is 20.8 Å². The lowest BCUT2D eigenvalue weighted by Gasteiger charge is -2.45. The third kappa shape index (κ3) is 2.58. The largest absolute Gasteiger partial charge is 0.509 e. The molecule has 0 amide bonds. The number of fused-ring (bicyclic) bond motifs is 9. The molecule has 26 heavy (non-hydrogen) atoms. The molecule has 0 spiro atoms. The predicted molar refractivity (Wildman–Crippen MR) is 89.2 cm³/mol. The van der Waals surface area contributed by atoms with Gasteiger partial charge in [0.25, 0.3) is 0 Å². The summed E-state index contributed by atoms with van der Waals surface area (Å²) < 4.78 is 52.2. The third-order valence-electron chi connectivity index (χ3n) is 7.23. The zero-order valence-corrected chi connectivity index (χ0v) is 15.7. The first kappa shape index (κ1) is 18.2. The molecule has 0 radical (unpaired) electrons. The minimum atomic E-state index is -4.62. The van der Waals surface area contributed by atoms with E-state index in [0.717, 1.165) is 19.8 Å². The van der Waals surface area contributed by atoms with Crippen LogP contribution in [0.1, 0.15) is 47.0 Å². The van der Waals surface area contributed by atoms with Gasteiger partial charge in [-0.15, -0.1) is 0 Å². The Kier molecular flexibility index (Phi) is 3.79. The van der Waals surface area contributed by atoms with Crippen molar-refractivity contribution in [2.45, 2.75) is 64.3 Å². The maximum absolute atomic E-state index is 14.1. The van der Waals surface area contributed by atoms with Gasteiger partial charge >= 0.3 is 12.3 Å². The molecule has 0 aromatic heterocycles. The second-order valence-electron chi connectivity index (χ2n) is 9.78. The van der Waals surface area contributed by atoms with Gasteiger partial charge in [0.2, 0.25) is 5.60 Å². The van der Waals surface area contributed by atoms with Crippen molar-refractivity contribution in [3.8, 4) is 0 Å². The van der Waals surface area contributed by atoms with Gasteiger partial charge in [-0.25, -0.2) is 4.79 Å². The fraction of sp³-hybridized carbons (Fsp3) is 0.850. The van der Waals surface area contributed by atoms with Gasteiger partial charge in [0.05, 0.1) is 0 Å². The molecular formula is C20H27F3O3. The maximum Gasteiger partial charge on any atom is 0.509 e. The Morgan fingerprint density at radius 1 is 0.923 bits per heavy atom. The van der Waals surface area contributed by atoms with E-state index in [-0.39, 0.29) is 5.92 Å². The van der Waals surface area contributed by atoms with E-state index in [0.29, 0.717) is 36.0 Å². The minimum absolute atomic E-state index is 0.0287. The van der Waals surface area contributed by atoms with Gasteiger partial charge in [0, 0.05) is 5.92 Å². The second kappa shape index (κ2) is 5.41. The van der Waals surface area contributed by atoms with E-state index in [9.17, 15) is 18.0 Å². The topological polar surface area (TPSA) is 35.5 Å².